The number of nitrogens with one attached hydrogen (secondary N) is 1. The summed E-state index contributed by atoms with van der Waals surface area (Å²) in [5, 5.41) is 2.78. The second-order valence-corrected chi connectivity index (χ2v) is 4.71. The van der Waals surface area contributed by atoms with Crippen molar-refractivity contribution in [2.45, 2.75) is 25.2 Å². The number of nitrogen functional groups attached to an aromatic ring is 1. The van der Waals surface area contributed by atoms with Gasteiger partial charge in [0.15, 0.2) is 0 Å². The third kappa shape index (κ3) is 4.14. The van der Waals surface area contributed by atoms with Crippen molar-refractivity contribution in [1.82, 2.24) is 5.32 Å². The molecule has 16 heavy (non-hydrogen) atoms. The molecular weight excluding hydrogens is 220 g/mol. The van der Waals surface area contributed by atoms with Gasteiger partial charge >= 0.3 is 0 Å². The van der Waals surface area contributed by atoms with Crippen LogP contribution in [-0.4, -0.2) is 18.2 Å². The van der Waals surface area contributed by atoms with E-state index in [1.807, 2.05) is 32.0 Å². The van der Waals surface area contributed by atoms with Gasteiger partial charge in [0.1, 0.15) is 0 Å². The van der Waals surface area contributed by atoms with Crippen LogP contribution in [0, 0.1) is 6.92 Å². The maximum atomic E-state index is 11.2. The van der Waals surface area contributed by atoms with Crippen LogP contribution in [0.25, 0.3) is 0 Å². The van der Waals surface area contributed by atoms with Gasteiger partial charge in [0.25, 0.3) is 0 Å². The van der Waals surface area contributed by atoms with Crippen molar-refractivity contribution in [3.05, 3.63) is 23.8 Å². The molecule has 1 aromatic rings. The summed E-state index contributed by atoms with van der Waals surface area (Å²) < 4.78 is 0. The predicted molar refractivity (Wildman–Crippen MR) is 69.6 cm³/mol. The predicted octanol–water partition coefficient (Wildman–Crippen LogP) is 2.20. The zero-order chi connectivity index (χ0) is 12.0. The summed E-state index contributed by atoms with van der Waals surface area (Å²) in [5.74, 6) is 0.916. The maximum Gasteiger partial charge on any atom is 0.220 e. The monoisotopic (exact) mass is 238 g/mol. The van der Waals surface area contributed by atoms with Crippen LogP contribution >= 0.6 is 11.8 Å². The molecule has 0 saturated carbocycles. The Balaban J connectivity index is 2.40. The van der Waals surface area contributed by atoms with Gasteiger partial charge in [0.2, 0.25) is 5.91 Å². The normalized spacial score (nSPS) is 10.1. The molecule has 0 aromatic heterocycles. The summed E-state index contributed by atoms with van der Waals surface area (Å²) in [5.41, 5.74) is 7.62. The molecule has 88 valence electrons. The average Bonchev–Trinajstić information content (AvgIpc) is 2.22. The lowest BCUT2D eigenvalue weighted by Crippen LogP contribution is -2.22. The van der Waals surface area contributed by atoms with E-state index >= 15 is 0 Å². The zero-order valence-electron chi connectivity index (χ0n) is 9.75. The number of rotatable bonds is 5. The van der Waals surface area contributed by atoms with Crippen LogP contribution in [0.3, 0.4) is 0 Å². The first-order valence-electron chi connectivity index (χ1n) is 5.39. The number of anilines is 1. The van der Waals surface area contributed by atoms with Crippen LogP contribution in [0.2, 0.25) is 0 Å². The molecule has 0 unspecified atom stereocenters. The zero-order valence-corrected chi connectivity index (χ0v) is 10.6. The average molecular weight is 238 g/mol. The van der Waals surface area contributed by atoms with E-state index in [2.05, 4.69) is 5.32 Å². The van der Waals surface area contributed by atoms with E-state index in [4.69, 9.17) is 5.73 Å². The molecule has 3 N–H and O–H groups in total. The van der Waals surface area contributed by atoms with Crippen LogP contribution in [0.1, 0.15) is 18.9 Å². The standard InChI is InChI=1S/C12H18N2OS/c1-3-14-12(15)6-7-16-11-5-4-10(13)8-9(11)2/h4-5,8H,3,6-7,13H2,1-2H3,(H,14,15). The van der Waals surface area contributed by atoms with E-state index in [-0.39, 0.29) is 5.91 Å². The quantitative estimate of drug-likeness (QED) is 0.611. The van der Waals surface area contributed by atoms with Gasteiger partial charge in [-0.05, 0) is 37.6 Å². The second-order valence-electron chi connectivity index (χ2n) is 3.58. The molecule has 3 nitrogen and oxygen atoms in total. The van der Waals surface area contributed by atoms with E-state index in [0.717, 1.165) is 11.4 Å². The van der Waals surface area contributed by atoms with E-state index in [9.17, 15) is 4.79 Å². The number of carbonyl (C=O) groups is 1. The highest BCUT2D eigenvalue weighted by Crippen LogP contribution is 2.24. The minimum atomic E-state index is 0.114. The molecule has 0 aliphatic carbocycles. The first-order chi connectivity index (χ1) is 7.63. The minimum Gasteiger partial charge on any atom is -0.399 e. The third-order valence-corrected chi connectivity index (χ3v) is 3.34. The largest absolute Gasteiger partial charge is 0.399 e. The van der Waals surface area contributed by atoms with E-state index in [1.165, 1.54) is 10.5 Å². The molecule has 0 heterocycles. The number of amides is 1. The Morgan fingerprint density at radius 3 is 2.88 bits per heavy atom. The van der Waals surface area contributed by atoms with Crippen molar-refractivity contribution in [2.24, 2.45) is 0 Å². The summed E-state index contributed by atoms with van der Waals surface area (Å²) in [6.45, 7) is 4.66. The Labute approximate surface area is 101 Å². The van der Waals surface area contributed by atoms with Crippen molar-refractivity contribution in [1.29, 1.82) is 0 Å². The van der Waals surface area contributed by atoms with Crippen molar-refractivity contribution in [3.63, 3.8) is 0 Å². The SMILES string of the molecule is CCNC(=O)CCSc1ccc(N)cc1C. The van der Waals surface area contributed by atoms with Crippen molar-refractivity contribution in [2.75, 3.05) is 18.0 Å². The fourth-order valence-corrected chi connectivity index (χ4v) is 2.33. The molecule has 4 heteroatoms. The van der Waals surface area contributed by atoms with E-state index in [1.54, 1.807) is 11.8 Å². The lowest BCUT2D eigenvalue weighted by atomic mass is 10.2. The van der Waals surface area contributed by atoms with Crippen LogP contribution in [0.5, 0.6) is 0 Å². The molecule has 0 spiro atoms. The Kier molecular flexibility index (Phi) is 5.19. The minimum absolute atomic E-state index is 0.114. The molecule has 1 amide bonds. The van der Waals surface area contributed by atoms with Crippen LogP contribution in [0.4, 0.5) is 5.69 Å². The van der Waals surface area contributed by atoms with E-state index in [0.29, 0.717) is 13.0 Å². The lowest BCUT2D eigenvalue weighted by Gasteiger charge is -2.06. The number of aryl methyl sites for hydroxylation is 1. The topological polar surface area (TPSA) is 55.1 Å². The number of hydrogen-bond acceptors (Lipinski definition) is 3. The molecule has 0 radical (unpaired) electrons. The molecule has 0 bridgehead atoms. The fraction of sp³-hybridized carbons (Fsp3) is 0.417. The van der Waals surface area contributed by atoms with Gasteiger partial charge in [0, 0.05) is 29.3 Å². The number of benzene rings is 1. The van der Waals surface area contributed by atoms with Gasteiger partial charge in [-0.2, -0.15) is 0 Å². The van der Waals surface area contributed by atoms with Gasteiger partial charge < -0.3 is 11.1 Å². The van der Waals surface area contributed by atoms with Gasteiger partial charge in [-0.15, -0.1) is 11.8 Å². The number of thioether (sulfide) groups is 1. The molecule has 0 atom stereocenters. The first kappa shape index (κ1) is 12.9. The molecular formula is C12H18N2OS. The van der Waals surface area contributed by atoms with Crippen LogP contribution in [0.15, 0.2) is 23.1 Å². The molecule has 0 saturated heterocycles. The van der Waals surface area contributed by atoms with E-state index < -0.39 is 0 Å². The van der Waals surface area contributed by atoms with Crippen molar-refractivity contribution >= 4 is 23.4 Å². The molecule has 1 aromatic carbocycles. The second kappa shape index (κ2) is 6.43. The highest BCUT2D eigenvalue weighted by molar-refractivity contribution is 7.99. The van der Waals surface area contributed by atoms with Gasteiger partial charge in [0.05, 0.1) is 0 Å². The van der Waals surface area contributed by atoms with Crippen LogP contribution in [-0.2, 0) is 4.79 Å². The number of nitrogens with two attached hydrogens (primary N) is 1. The summed E-state index contributed by atoms with van der Waals surface area (Å²) in [6.07, 6.45) is 0.558. The first-order valence-corrected chi connectivity index (χ1v) is 6.37. The molecule has 0 aliphatic heterocycles. The van der Waals surface area contributed by atoms with Crippen LogP contribution < -0.4 is 11.1 Å². The number of hydrogen-bond donors (Lipinski definition) is 2. The summed E-state index contributed by atoms with van der Waals surface area (Å²) in [6, 6.07) is 5.85. The summed E-state index contributed by atoms with van der Waals surface area (Å²) in [7, 11) is 0. The lowest BCUT2D eigenvalue weighted by molar-refractivity contribution is -0.120. The van der Waals surface area contributed by atoms with Gasteiger partial charge in [-0.1, -0.05) is 0 Å². The Morgan fingerprint density at radius 2 is 2.25 bits per heavy atom. The summed E-state index contributed by atoms with van der Waals surface area (Å²) >= 11 is 1.69. The highest BCUT2D eigenvalue weighted by atomic mass is 32.2. The fourth-order valence-electron chi connectivity index (χ4n) is 1.37. The van der Waals surface area contributed by atoms with Gasteiger partial charge in [-0.3, -0.25) is 4.79 Å². The number of carbonyl (C=O) groups excluding carboxylic acids is 1. The maximum absolute atomic E-state index is 11.2. The highest BCUT2D eigenvalue weighted by Gasteiger charge is 2.02. The smallest absolute Gasteiger partial charge is 0.220 e. The van der Waals surface area contributed by atoms with Gasteiger partial charge in [-0.25, -0.2) is 0 Å². The molecule has 1 rings (SSSR count). The molecule has 0 fully saturated rings. The molecule has 0 aliphatic rings. The van der Waals surface area contributed by atoms with Crippen molar-refractivity contribution < 1.29 is 4.79 Å². The third-order valence-electron chi connectivity index (χ3n) is 2.16. The Morgan fingerprint density at radius 1 is 1.50 bits per heavy atom. The Hall–Kier alpha value is -1.16. The Bertz CT molecular complexity index is 366. The van der Waals surface area contributed by atoms with Crippen molar-refractivity contribution in [3.8, 4) is 0 Å². The summed E-state index contributed by atoms with van der Waals surface area (Å²) in [4.78, 5) is 12.4.